The Balaban J connectivity index is 3.06. The molecule has 16 heavy (non-hydrogen) atoms. The molecule has 0 aliphatic rings. The van der Waals surface area contributed by atoms with Crippen molar-refractivity contribution >= 4 is 11.5 Å². The number of Topliss-reactive ketones (excluding diaryl/α,β-unsaturated/α-hetero) is 1. The second kappa shape index (κ2) is 5.54. The third kappa shape index (κ3) is 2.54. The van der Waals surface area contributed by atoms with Gasteiger partial charge in [0.1, 0.15) is 5.75 Å². The Morgan fingerprint density at radius 2 is 2.00 bits per heavy atom. The molecule has 3 nitrogen and oxygen atoms in total. The Labute approximate surface area is 96.6 Å². The molecule has 1 aromatic rings. The van der Waals surface area contributed by atoms with Gasteiger partial charge in [0.05, 0.1) is 7.11 Å². The van der Waals surface area contributed by atoms with Gasteiger partial charge in [-0.05, 0) is 31.0 Å². The van der Waals surface area contributed by atoms with E-state index in [0.29, 0.717) is 17.0 Å². The van der Waals surface area contributed by atoms with E-state index in [2.05, 4.69) is 0 Å². The van der Waals surface area contributed by atoms with Crippen LogP contribution in [0.3, 0.4) is 0 Å². The highest BCUT2D eigenvalue weighted by Gasteiger charge is 2.19. The molecule has 0 bridgehead atoms. The van der Waals surface area contributed by atoms with Crippen LogP contribution in [0.25, 0.3) is 0 Å². The number of nitrogen functional groups attached to an aromatic ring is 1. The summed E-state index contributed by atoms with van der Waals surface area (Å²) in [6.07, 6.45) is 1.68. The molecule has 0 saturated carbocycles. The van der Waals surface area contributed by atoms with Crippen LogP contribution in [0, 0.1) is 5.92 Å². The number of nitrogens with two attached hydrogens (primary N) is 1. The molecule has 0 saturated heterocycles. The van der Waals surface area contributed by atoms with Gasteiger partial charge in [-0.1, -0.05) is 13.8 Å². The molecule has 0 amide bonds. The Kier molecular flexibility index (Phi) is 4.35. The van der Waals surface area contributed by atoms with Gasteiger partial charge in [0.15, 0.2) is 5.78 Å². The third-order valence-electron chi connectivity index (χ3n) is 2.88. The van der Waals surface area contributed by atoms with Crippen LogP contribution < -0.4 is 10.5 Å². The van der Waals surface area contributed by atoms with E-state index in [4.69, 9.17) is 10.5 Å². The smallest absolute Gasteiger partial charge is 0.168 e. The van der Waals surface area contributed by atoms with Gasteiger partial charge < -0.3 is 10.5 Å². The zero-order valence-electron chi connectivity index (χ0n) is 10.1. The number of carbonyl (C=O) groups is 1. The maximum Gasteiger partial charge on any atom is 0.168 e. The minimum absolute atomic E-state index is 0.0504. The average molecular weight is 221 g/mol. The quantitative estimate of drug-likeness (QED) is 0.614. The number of methoxy groups -OCH3 is 1. The summed E-state index contributed by atoms with van der Waals surface area (Å²) in [5, 5.41) is 0. The van der Waals surface area contributed by atoms with E-state index in [-0.39, 0.29) is 11.7 Å². The SMILES string of the molecule is CCC(CC)C(=O)c1cc(OC)ccc1N. The van der Waals surface area contributed by atoms with Gasteiger partial charge >= 0.3 is 0 Å². The number of rotatable bonds is 5. The fourth-order valence-electron chi connectivity index (χ4n) is 1.76. The van der Waals surface area contributed by atoms with Gasteiger partial charge in [0.25, 0.3) is 0 Å². The molecule has 0 heterocycles. The Morgan fingerprint density at radius 3 is 2.50 bits per heavy atom. The van der Waals surface area contributed by atoms with Crippen molar-refractivity contribution in [1.82, 2.24) is 0 Å². The Bertz CT molecular complexity index is 370. The first-order chi connectivity index (χ1) is 7.63. The van der Waals surface area contributed by atoms with Crippen molar-refractivity contribution in [3.05, 3.63) is 23.8 Å². The predicted molar refractivity (Wildman–Crippen MR) is 65.8 cm³/mol. The van der Waals surface area contributed by atoms with Crippen LogP contribution in [0.4, 0.5) is 5.69 Å². The normalized spacial score (nSPS) is 10.5. The van der Waals surface area contributed by atoms with E-state index in [1.54, 1.807) is 25.3 Å². The van der Waals surface area contributed by atoms with Crippen molar-refractivity contribution in [1.29, 1.82) is 0 Å². The largest absolute Gasteiger partial charge is 0.497 e. The fourth-order valence-corrected chi connectivity index (χ4v) is 1.76. The number of hydrogen-bond acceptors (Lipinski definition) is 3. The Morgan fingerprint density at radius 1 is 1.38 bits per heavy atom. The number of ether oxygens (including phenoxy) is 1. The van der Waals surface area contributed by atoms with E-state index >= 15 is 0 Å². The summed E-state index contributed by atoms with van der Waals surface area (Å²) >= 11 is 0. The van der Waals surface area contributed by atoms with Gasteiger partial charge in [-0.2, -0.15) is 0 Å². The van der Waals surface area contributed by atoms with Crippen LogP contribution >= 0.6 is 0 Å². The zero-order valence-corrected chi connectivity index (χ0v) is 10.1. The molecule has 88 valence electrons. The summed E-state index contributed by atoms with van der Waals surface area (Å²) in [7, 11) is 1.58. The van der Waals surface area contributed by atoms with Crippen LogP contribution in [-0.2, 0) is 0 Å². The number of ketones is 1. The second-order valence-electron chi connectivity index (χ2n) is 3.83. The molecular weight excluding hydrogens is 202 g/mol. The summed E-state index contributed by atoms with van der Waals surface area (Å²) < 4.78 is 5.10. The first-order valence-electron chi connectivity index (χ1n) is 5.61. The van der Waals surface area contributed by atoms with E-state index in [1.807, 2.05) is 13.8 Å². The van der Waals surface area contributed by atoms with Gasteiger partial charge in [-0.3, -0.25) is 4.79 Å². The van der Waals surface area contributed by atoms with Crippen molar-refractivity contribution in [3.63, 3.8) is 0 Å². The van der Waals surface area contributed by atoms with Crippen molar-refractivity contribution in [3.8, 4) is 5.75 Å². The van der Waals surface area contributed by atoms with Crippen molar-refractivity contribution in [2.45, 2.75) is 26.7 Å². The van der Waals surface area contributed by atoms with E-state index < -0.39 is 0 Å². The van der Waals surface area contributed by atoms with Gasteiger partial charge in [0.2, 0.25) is 0 Å². The highest BCUT2D eigenvalue weighted by molar-refractivity contribution is 6.02. The molecule has 1 rings (SSSR count). The molecule has 0 aliphatic carbocycles. The van der Waals surface area contributed by atoms with Gasteiger partial charge in [0, 0.05) is 17.2 Å². The maximum absolute atomic E-state index is 12.2. The first kappa shape index (κ1) is 12.6. The third-order valence-corrected chi connectivity index (χ3v) is 2.88. The average Bonchev–Trinajstić information content (AvgIpc) is 2.31. The van der Waals surface area contributed by atoms with Crippen LogP contribution in [0.5, 0.6) is 5.75 Å². The van der Waals surface area contributed by atoms with Crippen LogP contribution in [0.2, 0.25) is 0 Å². The van der Waals surface area contributed by atoms with E-state index in [9.17, 15) is 4.79 Å². The van der Waals surface area contributed by atoms with E-state index in [1.165, 1.54) is 0 Å². The summed E-state index contributed by atoms with van der Waals surface area (Å²) in [6.45, 7) is 4.03. The molecule has 1 aromatic carbocycles. The number of benzene rings is 1. The number of hydrogen-bond donors (Lipinski definition) is 1. The summed E-state index contributed by atoms with van der Waals surface area (Å²) in [4.78, 5) is 12.2. The zero-order chi connectivity index (χ0) is 12.1. The lowest BCUT2D eigenvalue weighted by Crippen LogP contribution is -2.15. The maximum atomic E-state index is 12.2. The summed E-state index contributed by atoms with van der Waals surface area (Å²) in [6, 6.07) is 5.20. The van der Waals surface area contributed by atoms with Crippen LogP contribution in [-0.4, -0.2) is 12.9 Å². The molecule has 0 spiro atoms. The molecule has 0 unspecified atom stereocenters. The molecule has 0 aromatic heterocycles. The molecule has 0 aliphatic heterocycles. The molecule has 2 N–H and O–H groups in total. The standard InChI is InChI=1S/C13H19NO2/c1-4-9(5-2)13(15)11-8-10(16-3)6-7-12(11)14/h6-9H,4-5,14H2,1-3H3. The molecule has 0 atom stereocenters. The molecule has 0 fully saturated rings. The molecule has 3 heteroatoms. The van der Waals surface area contributed by atoms with Crippen LogP contribution in [0.15, 0.2) is 18.2 Å². The first-order valence-corrected chi connectivity index (χ1v) is 5.61. The summed E-state index contributed by atoms with van der Waals surface area (Å²) in [5.74, 6) is 0.833. The number of anilines is 1. The molecule has 0 radical (unpaired) electrons. The second-order valence-corrected chi connectivity index (χ2v) is 3.83. The Hall–Kier alpha value is -1.51. The minimum Gasteiger partial charge on any atom is -0.497 e. The number of carbonyl (C=O) groups excluding carboxylic acids is 1. The van der Waals surface area contributed by atoms with Crippen LogP contribution in [0.1, 0.15) is 37.0 Å². The van der Waals surface area contributed by atoms with Crippen molar-refractivity contribution < 1.29 is 9.53 Å². The molecular formula is C13H19NO2. The monoisotopic (exact) mass is 221 g/mol. The lowest BCUT2D eigenvalue weighted by atomic mass is 9.92. The van der Waals surface area contributed by atoms with Crippen molar-refractivity contribution in [2.24, 2.45) is 5.92 Å². The highest BCUT2D eigenvalue weighted by atomic mass is 16.5. The van der Waals surface area contributed by atoms with Gasteiger partial charge in [-0.25, -0.2) is 0 Å². The lowest BCUT2D eigenvalue weighted by Gasteiger charge is -2.13. The van der Waals surface area contributed by atoms with Gasteiger partial charge in [-0.15, -0.1) is 0 Å². The highest BCUT2D eigenvalue weighted by Crippen LogP contribution is 2.24. The lowest BCUT2D eigenvalue weighted by molar-refractivity contribution is 0.0914. The fraction of sp³-hybridized carbons (Fsp3) is 0.462. The predicted octanol–water partition coefficient (Wildman–Crippen LogP) is 2.90. The van der Waals surface area contributed by atoms with Crippen molar-refractivity contribution in [2.75, 3.05) is 12.8 Å². The summed E-state index contributed by atoms with van der Waals surface area (Å²) in [5.41, 5.74) is 6.92. The van der Waals surface area contributed by atoms with E-state index in [0.717, 1.165) is 12.8 Å². The minimum atomic E-state index is 0.0504. The topological polar surface area (TPSA) is 52.3 Å².